The zero-order valence-electron chi connectivity index (χ0n) is 21.5. The first-order valence-corrected chi connectivity index (χ1v) is 13.7. The number of halogens is 1. The lowest BCUT2D eigenvalue weighted by Crippen LogP contribution is -2.45. The minimum absolute atomic E-state index is 0.0380. The van der Waals surface area contributed by atoms with E-state index in [4.69, 9.17) is 15.7 Å². The van der Waals surface area contributed by atoms with Gasteiger partial charge in [-0.1, -0.05) is 24.3 Å². The number of fused-ring (bicyclic) bond motifs is 2. The van der Waals surface area contributed by atoms with Crippen molar-refractivity contribution < 1.29 is 9.18 Å². The van der Waals surface area contributed by atoms with E-state index >= 15 is 0 Å². The monoisotopic (exact) mass is 524 g/mol. The van der Waals surface area contributed by atoms with E-state index in [1.807, 2.05) is 11.1 Å². The third-order valence-corrected chi connectivity index (χ3v) is 9.37. The van der Waals surface area contributed by atoms with Crippen molar-refractivity contribution in [2.45, 2.75) is 38.1 Å². The molecule has 1 aliphatic carbocycles. The summed E-state index contributed by atoms with van der Waals surface area (Å²) in [6, 6.07) is 11.9. The second-order valence-corrected chi connectivity index (χ2v) is 11.3. The molecule has 0 radical (unpaired) electrons. The fraction of sp³-hybridized carbons (Fsp3) is 0.379. The van der Waals surface area contributed by atoms with Crippen LogP contribution in [0.15, 0.2) is 42.6 Å². The van der Waals surface area contributed by atoms with Gasteiger partial charge in [-0.2, -0.15) is 5.10 Å². The summed E-state index contributed by atoms with van der Waals surface area (Å²) in [4.78, 5) is 28.3. The van der Waals surface area contributed by atoms with E-state index in [-0.39, 0.29) is 23.2 Å². The van der Waals surface area contributed by atoms with E-state index < -0.39 is 0 Å². The van der Waals surface area contributed by atoms with Gasteiger partial charge in [0.05, 0.1) is 17.6 Å². The number of benzene rings is 2. The van der Waals surface area contributed by atoms with Crippen LogP contribution in [0.25, 0.3) is 11.2 Å². The van der Waals surface area contributed by atoms with Gasteiger partial charge in [0.15, 0.2) is 17.0 Å². The Balaban J connectivity index is 1.07. The van der Waals surface area contributed by atoms with E-state index in [0.29, 0.717) is 54.2 Å². The van der Waals surface area contributed by atoms with Gasteiger partial charge in [-0.05, 0) is 54.4 Å². The highest BCUT2D eigenvalue weighted by Crippen LogP contribution is 2.51. The molecule has 10 heteroatoms. The molecule has 1 fully saturated rings. The first kappa shape index (κ1) is 22.9. The Kier molecular flexibility index (Phi) is 4.83. The van der Waals surface area contributed by atoms with Gasteiger partial charge in [0.2, 0.25) is 5.91 Å². The molecule has 1 atom stereocenters. The number of nitrogens with one attached hydrogen (secondary N) is 1. The van der Waals surface area contributed by atoms with Gasteiger partial charge in [0.1, 0.15) is 11.6 Å². The minimum Gasteiger partial charge on any atom is -0.355 e. The summed E-state index contributed by atoms with van der Waals surface area (Å²) in [7, 11) is 0. The summed E-state index contributed by atoms with van der Waals surface area (Å²) >= 11 is 0. The number of piperidine rings is 1. The molecule has 1 saturated heterocycles. The quantitative estimate of drug-likeness (QED) is 0.411. The standard InChI is InChI=1S/C29H29FN8O/c30-20-6-7-21-25-19(20)5-8-23(39)38(25)14-13-37(21)28-24-27(34-35-28)33-22(16-32-24)36-11-9-29(10-12-36)15-17-3-1-2-4-18(17)26(29)31/h1-4,6-7,16,26H,5,8-15,31H2,(H,33,34,35)/t26-/m1/s1. The molecule has 1 spiro atoms. The van der Waals surface area contributed by atoms with E-state index in [1.165, 1.54) is 17.2 Å². The predicted molar refractivity (Wildman–Crippen MR) is 147 cm³/mol. The second kappa shape index (κ2) is 8.22. The predicted octanol–water partition coefficient (Wildman–Crippen LogP) is 3.77. The molecule has 2 aromatic carbocycles. The molecule has 8 rings (SSSR count). The fourth-order valence-electron chi connectivity index (χ4n) is 7.23. The molecule has 198 valence electrons. The average molecular weight is 525 g/mol. The lowest BCUT2D eigenvalue weighted by molar-refractivity contribution is -0.118. The second-order valence-electron chi connectivity index (χ2n) is 11.3. The summed E-state index contributed by atoms with van der Waals surface area (Å²) in [5.74, 6) is 1.24. The van der Waals surface area contributed by atoms with Crippen LogP contribution in [0.1, 0.15) is 42.0 Å². The first-order valence-electron chi connectivity index (χ1n) is 13.7. The number of aromatic amines is 1. The average Bonchev–Trinajstić information content (AvgIpc) is 3.50. The topological polar surface area (TPSA) is 107 Å². The van der Waals surface area contributed by atoms with Gasteiger partial charge in [0.25, 0.3) is 0 Å². The molecule has 0 saturated carbocycles. The van der Waals surface area contributed by atoms with Crippen LogP contribution in [-0.4, -0.2) is 52.3 Å². The van der Waals surface area contributed by atoms with Gasteiger partial charge in [-0.15, -0.1) is 0 Å². The number of hydrogen-bond donors (Lipinski definition) is 2. The Morgan fingerprint density at radius 2 is 1.85 bits per heavy atom. The molecule has 3 aliphatic heterocycles. The van der Waals surface area contributed by atoms with Gasteiger partial charge < -0.3 is 20.4 Å². The number of nitrogens with two attached hydrogens (primary N) is 1. The van der Waals surface area contributed by atoms with Crippen molar-refractivity contribution in [2.75, 3.05) is 40.9 Å². The van der Waals surface area contributed by atoms with Crippen molar-refractivity contribution in [3.63, 3.8) is 0 Å². The third-order valence-electron chi connectivity index (χ3n) is 9.37. The molecule has 3 N–H and O–H groups in total. The minimum atomic E-state index is -0.268. The van der Waals surface area contributed by atoms with Crippen LogP contribution in [0.2, 0.25) is 0 Å². The van der Waals surface area contributed by atoms with Crippen LogP contribution in [0, 0.1) is 11.2 Å². The molecule has 0 bridgehead atoms. The van der Waals surface area contributed by atoms with Crippen molar-refractivity contribution in [3.05, 3.63) is 65.1 Å². The van der Waals surface area contributed by atoms with E-state index in [0.717, 1.165) is 43.9 Å². The maximum absolute atomic E-state index is 14.6. The third kappa shape index (κ3) is 3.27. The zero-order valence-corrected chi connectivity index (χ0v) is 21.5. The molecule has 9 nitrogen and oxygen atoms in total. The Morgan fingerprint density at radius 1 is 1.03 bits per heavy atom. The van der Waals surface area contributed by atoms with Gasteiger partial charge >= 0.3 is 0 Å². The van der Waals surface area contributed by atoms with E-state index in [1.54, 1.807) is 11.0 Å². The van der Waals surface area contributed by atoms with Crippen LogP contribution in [0.5, 0.6) is 0 Å². The Labute approximate surface area is 224 Å². The molecular weight excluding hydrogens is 495 g/mol. The molecule has 1 amide bonds. The van der Waals surface area contributed by atoms with E-state index in [9.17, 15) is 9.18 Å². The van der Waals surface area contributed by atoms with Crippen molar-refractivity contribution in [1.82, 2.24) is 20.2 Å². The molecule has 2 aromatic heterocycles. The summed E-state index contributed by atoms with van der Waals surface area (Å²) in [6.07, 6.45) is 5.63. The summed E-state index contributed by atoms with van der Waals surface area (Å²) < 4.78 is 14.6. The molecule has 39 heavy (non-hydrogen) atoms. The Hall–Kier alpha value is -4.05. The summed E-state index contributed by atoms with van der Waals surface area (Å²) in [5, 5.41) is 7.65. The van der Waals surface area contributed by atoms with Crippen molar-refractivity contribution in [1.29, 1.82) is 0 Å². The van der Waals surface area contributed by atoms with E-state index in [2.05, 4.69) is 39.4 Å². The van der Waals surface area contributed by atoms with Crippen molar-refractivity contribution in [2.24, 2.45) is 11.1 Å². The largest absolute Gasteiger partial charge is 0.355 e. The molecule has 4 aromatic rings. The maximum Gasteiger partial charge on any atom is 0.227 e. The van der Waals surface area contributed by atoms with Gasteiger partial charge in [0, 0.05) is 44.2 Å². The number of amides is 1. The lowest BCUT2D eigenvalue weighted by atomic mass is 9.73. The zero-order chi connectivity index (χ0) is 26.3. The first-order chi connectivity index (χ1) is 19.0. The molecule has 5 heterocycles. The highest BCUT2D eigenvalue weighted by atomic mass is 19.1. The highest BCUT2D eigenvalue weighted by molar-refractivity contribution is 6.03. The number of anilines is 4. The number of H-pyrrole nitrogens is 1. The smallest absolute Gasteiger partial charge is 0.227 e. The van der Waals surface area contributed by atoms with Crippen LogP contribution in [-0.2, 0) is 17.6 Å². The molecule has 0 unspecified atom stereocenters. The number of carbonyl (C=O) groups is 1. The van der Waals surface area contributed by atoms with Crippen molar-refractivity contribution >= 4 is 40.1 Å². The number of rotatable bonds is 2. The number of carbonyl (C=O) groups excluding carboxylic acids is 1. The number of hydrogen-bond acceptors (Lipinski definition) is 7. The molecule has 4 aliphatic rings. The summed E-state index contributed by atoms with van der Waals surface area (Å²) in [5.41, 5.74) is 12.9. The maximum atomic E-state index is 14.6. The van der Waals surface area contributed by atoms with Crippen LogP contribution < -0.4 is 20.4 Å². The van der Waals surface area contributed by atoms with Gasteiger partial charge in [-0.25, -0.2) is 14.4 Å². The number of aromatic nitrogens is 4. The van der Waals surface area contributed by atoms with Crippen LogP contribution in [0.3, 0.4) is 0 Å². The Morgan fingerprint density at radius 3 is 2.69 bits per heavy atom. The lowest BCUT2D eigenvalue weighted by Gasteiger charge is -2.42. The normalized spacial score (nSPS) is 21.5. The SMILES string of the molecule is N[C@@H]1c2ccccc2CC12CCN(c1cnc3c(N4CCN5C(=O)CCc6c(F)ccc4c65)n[nH]c3n1)CC2. The van der Waals surface area contributed by atoms with Crippen LogP contribution in [0.4, 0.5) is 27.4 Å². The fourth-order valence-corrected chi connectivity index (χ4v) is 7.23. The number of nitrogens with zero attached hydrogens (tertiary/aromatic N) is 6. The summed E-state index contributed by atoms with van der Waals surface area (Å²) in [6.45, 7) is 2.77. The van der Waals surface area contributed by atoms with Crippen molar-refractivity contribution in [3.8, 4) is 0 Å². The molecular formula is C29H29FN8O. The van der Waals surface area contributed by atoms with Gasteiger partial charge in [-0.3, -0.25) is 9.89 Å². The highest BCUT2D eigenvalue weighted by Gasteiger charge is 2.46. The Bertz CT molecular complexity index is 1640. The van der Waals surface area contributed by atoms with Crippen LogP contribution >= 0.6 is 0 Å².